The van der Waals surface area contributed by atoms with Gasteiger partial charge in [-0.2, -0.15) is 8.78 Å². The van der Waals surface area contributed by atoms with E-state index >= 15 is 0 Å². The molecule has 0 aliphatic heterocycles. The molecule has 0 radical (unpaired) electrons. The number of aliphatic hydroxyl groups is 1. The monoisotopic (exact) mass is 245 g/mol. The van der Waals surface area contributed by atoms with E-state index in [9.17, 15) is 8.78 Å². The third kappa shape index (κ3) is 5.60. The lowest BCUT2D eigenvalue weighted by Crippen LogP contribution is -2.16. The van der Waals surface area contributed by atoms with Crippen LogP contribution in [0.2, 0.25) is 0 Å². The summed E-state index contributed by atoms with van der Waals surface area (Å²) in [5.74, 6) is 0.206. The van der Waals surface area contributed by atoms with Gasteiger partial charge in [0.1, 0.15) is 5.75 Å². The molecule has 0 amide bonds. The SMILES string of the molecule is OCCCCNCc1ccccc1OC(F)F. The van der Waals surface area contributed by atoms with Gasteiger partial charge in [-0.15, -0.1) is 0 Å². The maximum absolute atomic E-state index is 12.1. The Morgan fingerprint density at radius 3 is 2.71 bits per heavy atom. The van der Waals surface area contributed by atoms with Crippen LogP contribution in [0.5, 0.6) is 5.75 Å². The minimum atomic E-state index is -2.80. The maximum atomic E-state index is 12.1. The van der Waals surface area contributed by atoms with Gasteiger partial charge in [0.15, 0.2) is 0 Å². The van der Waals surface area contributed by atoms with Crippen molar-refractivity contribution in [2.24, 2.45) is 0 Å². The third-order valence-corrected chi connectivity index (χ3v) is 2.27. The van der Waals surface area contributed by atoms with Gasteiger partial charge >= 0.3 is 6.61 Å². The number of halogens is 2. The molecule has 5 heteroatoms. The molecule has 0 unspecified atom stereocenters. The Labute approximate surface area is 99.4 Å². The van der Waals surface area contributed by atoms with Gasteiger partial charge in [0.05, 0.1) is 0 Å². The van der Waals surface area contributed by atoms with E-state index < -0.39 is 6.61 Å². The molecule has 96 valence electrons. The molecule has 0 aromatic heterocycles. The van der Waals surface area contributed by atoms with Crippen molar-refractivity contribution >= 4 is 0 Å². The highest BCUT2D eigenvalue weighted by Gasteiger charge is 2.08. The molecule has 0 fully saturated rings. The second-order valence-electron chi connectivity index (χ2n) is 3.59. The fourth-order valence-corrected chi connectivity index (χ4v) is 1.45. The van der Waals surface area contributed by atoms with Crippen molar-refractivity contribution in [1.82, 2.24) is 5.32 Å². The number of rotatable bonds is 8. The van der Waals surface area contributed by atoms with Crippen LogP contribution in [-0.2, 0) is 6.54 Å². The highest BCUT2D eigenvalue weighted by atomic mass is 19.3. The van der Waals surface area contributed by atoms with Crippen LogP contribution < -0.4 is 10.1 Å². The Balaban J connectivity index is 2.40. The van der Waals surface area contributed by atoms with E-state index in [-0.39, 0.29) is 12.4 Å². The molecule has 0 atom stereocenters. The summed E-state index contributed by atoms with van der Waals surface area (Å²) in [6, 6.07) is 6.71. The van der Waals surface area contributed by atoms with Crippen LogP contribution in [0.1, 0.15) is 18.4 Å². The first-order chi connectivity index (χ1) is 8.24. The second kappa shape index (κ2) is 7.97. The Bertz CT molecular complexity index is 321. The summed E-state index contributed by atoms with van der Waals surface area (Å²) >= 11 is 0. The smallest absolute Gasteiger partial charge is 0.387 e. The van der Waals surface area contributed by atoms with Crippen molar-refractivity contribution in [2.45, 2.75) is 26.0 Å². The predicted octanol–water partition coefficient (Wildman–Crippen LogP) is 2.15. The van der Waals surface area contributed by atoms with Crippen molar-refractivity contribution in [2.75, 3.05) is 13.2 Å². The molecular weight excluding hydrogens is 228 g/mol. The lowest BCUT2D eigenvalue weighted by Gasteiger charge is -2.11. The molecule has 0 bridgehead atoms. The Kier molecular flexibility index (Phi) is 6.50. The first-order valence-corrected chi connectivity index (χ1v) is 5.58. The molecule has 3 nitrogen and oxygen atoms in total. The van der Waals surface area contributed by atoms with E-state index in [0.29, 0.717) is 12.1 Å². The Hall–Kier alpha value is -1.20. The lowest BCUT2D eigenvalue weighted by molar-refractivity contribution is -0.0504. The van der Waals surface area contributed by atoms with Crippen molar-refractivity contribution in [3.05, 3.63) is 29.8 Å². The molecule has 0 aliphatic carbocycles. The van der Waals surface area contributed by atoms with Crippen LogP contribution in [0.3, 0.4) is 0 Å². The largest absolute Gasteiger partial charge is 0.434 e. The van der Waals surface area contributed by atoms with E-state index in [0.717, 1.165) is 19.4 Å². The van der Waals surface area contributed by atoms with Gasteiger partial charge in [-0.1, -0.05) is 18.2 Å². The summed E-state index contributed by atoms with van der Waals surface area (Å²) in [5, 5.41) is 11.7. The zero-order valence-electron chi connectivity index (χ0n) is 9.53. The van der Waals surface area contributed by atoms with Crippen molar-refractivity contribution in [3.63, 3.8) is 0 Å². The van der Waals surface area contributed by atoms with E-state index in [1.165, 1.54) is 6.07 Å². The van der Waals surface area contributed by atoms with Gasteiger partial charge in [0.2, 0.25) is 0 Å². The molecule has 1 aromatic rings. The highest BCUT2D eigenvalue weighted by Crippen LogP contribution is 2.19. The zero-order valence-corrected chi connectivity index (χ0v) is 9.53. The maximum Gasteiger partial charge on any atom is 0.387 e. The predicted molar refractivity (Wildman–Crippen MR) is 61.1 cm³/mol. The average molecular weight is 245 g/mol. The first kappa shape index (κ1) is 13.9. The van der Waals surface area contributed by atoms with E-state index in [2.05, 4.69) is 10.1 Å². The molecule has 0 spiro atoms. The van der Waals surface area contributed by atoms with Gasteiger partial charge in [-0.25, -0.2) is 0 Å². The van der Waals surface area contributed by atoms with E-state index in [1.807, 2.05) is 0 Å². The Morgan fingerprint density at radius 1 is 1.24 bits per heavy atom. The van der Waals surface area contributed by atoms with Crippen LogP contribution in [0, 0.1) is 0 Å². The van der Waals surface area contributed by atoms with Crippen LogP contribution in [-0.4, -0.2) is 24.9 Å². The number of ether oxygens (including phenoxy) is 1. The van der Waals surface area contributed by atoms with Crippen molar-refractivity contribution in [3.8, 4) is 5.75 Å². The molecule has 1 aromatic carbocycles. The molecule has 1 rings (SSSR count). The minimum absolute atomic E-state index is 0.173. The molecule has 17 heavy (non-hydrogen) atoms. The quantitative estimate of drug-likeness (QED) is 0.689. The first-order valence-electron chi connectivity index (χ1n) is 5.58. The van der Waals surface area contributed by atoms with Crippen molar-refractivity contribution in [1.29, 1.82) is 0 Å². The Morgan fingerprint density at radius 2 is 2.00 bits per heavy atom. The lowest BCUT2D eigenvalue weighted by atomic mass is 10.2. The molecule has 0 saturated carbocycles. The highest BCUT2D eigenvalue weighted by molar-refractivity contribution is 5.33. The number of nitrogens with one attached hydrogen (secondary N) is 1. The summed E-state index contributed by atoms with van der Waals surface area (Å²) in [4.78, 5) is 0. The third-order valence-electron chi connectivity index (χ3n) is 2.27. The van der Waals surface area contributed by atoms with Gasteiger partial charge < -0.3 is 15.2 Å². The number of benzene rings is 1. The summed E-state index contributed by atoms with van der Waals surface area (Å²) < 4.78 is 28.6. The second-order valence-corrected chi connectivity index (χ2v) is 3.59. The standard InChI is InChI=1S/C12H17F2NO2/c13-12(14)17-11-6-2-1-5-10(11)9-15-7-3-4-8-16/h1-2,5-6,12,15-16H,3-4,7-9H2. The number of para-hydroxylation sites is 1. The summed E-state index contributed by atoms with van der Waals surface area (Å²) in [6.45, 7) is -1.41. The number of hydrogen-bond donors (Lipinski definition) is 2. The fourth-order valence-electron chi connectivity index (χ4n) is 1.45. The van der Waals surface area contributed by atoms with Crippen LogP contribution in [0.4, 0.5) is 8.78 Å². The van der Waals surface area contributed by atoms with E-state index in [4.69, 9.17) is 5.11 Å². The molecule has 0 heterocycles. The molecule has 2 N–H and O–H groups in total. The zero-order chi connectivity index (χ0) is 12.5. The number of alkyl halides is 2. The van der Waals surface area contributed by atoms with E-state index in [1.54, 1.807) is 18.2 Å². The average Bonchev–Trinajstić information content (AvgIpc) is 2.30. The fraction of sp³-hybridized carbons (Fsp3) is 0.500. The summed E-state index contributed by atoms with van der Waals surface area (Å²) in [5.41, 5.74) is 0.705. The number of aliphatic hydroxyl groups excluding tert-OH is 1. The van der Waals surface area contributed by atoms with Gasteiger partial charge in [-0.3, -0.25) is 0 Å². The minimum Gasteiger partial charge on any atom is -0.434 e. The van der Waals surface area contributed by atoms with Crippen LogP contribution in [0.25, 0.3) is 0 Å². The topological polar surface area (TPSA) is 41.5 Å². The molecule has 0 aliphatic rings. The van der Waals surface area contributed by atoms with Gasteiger partial charge in [0, 0.05) is 18.7 Å². The summed E-state index contributed by atoms with van der Waals surface area (Å²) in [6.07, 6.45) is 1.59. The van der Waals surface area contributed by atoms with Crippen LogP contribution in [0.15, 0.2) is 24.3 Å². The number of unbranched alkanes of at least 4 members (excludes halogenated alkanes) is 1. The molecular formula is C12H17F2NO2. The normalized spacial score (nSPS) is 10.8. The molecule has 0 saturated heterocycles. The number of hydrogen-bond acceptors (Lipinski definition) is 3. The van der Waals surface area contributed by atoms with Crippen molar-refractivity contribution < 1.29 is 18.6 Å². The van der Waals surface area contributed by atoms with Gasteiger partial charge in [-0.05, 0) is 25.5 Å². The summed E-state index contributed by atoms with van der Waals surface area (Å²) in [7, 11) is 0. The van der Waals surface area contributed by atoms with Gasteiger partial charge in [0.25, 0.3) is 0 Å². The van der Waals surface area contributed by atoms with Crippen LogP contribution >= 0.6 is 0 Å².